The van der Waals surface area contributed by atoms with Gasteiger partial charge in [0, 0.05) is 25.7 Å². The number of hydrogen-bond acceptors (Lipinski definition) is 6. The van der Waals surface area contributed by atoms with E-state index in [1.807, 2.05) is 71.1 Å². The average molecular weight is 396 g/mol. The van der Waals surface area contributed by atoms with Gasteiger partial charge in [-0.3, -0.25) is 5.01 Å². The summed E-state index contributed by atoms with van der Waals surface area (Å²) in [5.41, 5.74) is 4.96. The molecule has 4 rings (SSSR count). The lowest BCUT2D eigenvalue weighted by atomic mass is 10.0. The zero-order valence-electron chi connectivity index (χ0n) is 15.6. The second-order valence-corrected chi connectivity index (χ2v) is 6.92. The third-order valence-corrected chi connectivity index (χ3v) is 5.06. The van der Waals surface area contributed by atoms with E-state index in [4.69, 9.17) is 16.7 Å². The molecule has 2 aromatic carbocycles. The van der Waals surface area contributed by atoms with Crippen LogP contribution in [0.3, 0.4) is 0 Å². The standard InChI is InChI=1S/C21H22ClN5O/c1-25-26(15-18-12-16(13-23-10-11-28)14-24-27(18)25)20-9-5-8-19(21(20)22)17-6-3-2-4-7-17/h2-9,12,14-15,23,28H,10-11,13H2,1H3. The van der Waals surface area contributed by atoms with E-state index in [-0.39, 0.29) is 6.61 Å². The van der Waals surface area contributed by atoms with E-state index >= 15 is 0 Å². The minimum Gasteiger partial charge on any atom is -0.395 e. The fourth-order valence-electron chi connectivity index (χ4n) is 3.28. The van der Waals surface area contributed by atoms with Crippen molar-refractivity contribution in [2.45, 2.75) is 0 Å². The number of nitrogens with one attached hydrogen (secondary N) is 1. The number of aliphatic hydroxyl groups excluding tert-OH is 1. The number of fused-ring (bicyclic) bond motifs is 1. The molecule has 0 aliphatic carbocycles. The molecule has 7 heteroatoms. The Morgan fingerprint density at radius 1 is 1.11 bits per heavy atom. The van der Waals surface area contributed by atoms with Gasteiger partial charge < -0.3 is 10.4 Å². The fourth-order valence-corrected chi connectivity index (χ4v) is 3.60. The summed E-state index contributed by atoms with van der Waals surface area (Å²) in [6.45, 7) is 1.33. The number of allylic oxidation sites excluding steroid dienone is 1. The summed E-state index contributed by atoms with van der Waals surface area (Å²) in [6, 6.07) is 16.2. The molecule has 0 unspecified atom stereocenters. The van der Waals surface area contributed by atoms with Crippen molar-refractivity contribution >= 4 is 23.5 Å². The Morgan fingerprint density at radius 2 is 1.93 bits per heavy atom. The van der Waals surface area contributed by atoms with E-state index in [9.17, 15) is 0 Å². The molecular weight excluding hydrogens is 374 g/mol. The van der Waals surface area contributed by atoms with Crippen LogP contribution in [0.2, 0.25) is 5.02 Å². The van der Waals surface area contributed by atoms with Crippen LogP contribution in [-0.4, -0.2) is 48.3 Å². The predicted octanol–water partition coefficient (Wildman–Crippen LogP) is 3.24. The lowest BCUT2D eigenvalue weighted by molar-refractivity contribution is 0.0641. The Bertz CT molecular complexity index is 941. The van der Waals surface area contributed by atoms with Crippen LogP contribution in [0.5, 0.6) is 0 Å². The highest BCUT2D eigenvalue weighted by molar-refractivity contribution is 6.36. The van der Waals surface area contributed by atoms with Gasteiger partial charge in [-0.05, 0) is 23.3 Å². The molecule has 0 atom stereocenters. The minimum absolute atomic E-state index is 0.117. The quantitative estimate of drug-likeness (QED) is 0.735. The summed E-state index contributed by atoms with van der Waals surface area (Å²) < 4.78 is 0. The molecule has 0 radical (unpaired) electrons. The molecule has 0 saturated heterocycles. The first-order valence-electron chi connectivity index (χ1n) is 9.14. The number of hydrogen-bond donors (Lipinski definition) is 2. The lowest BCUT2D eigenvalue weighted by Gasteiger charge is -2.31. The Balaban J connectivity index is 1.63. The third kappa shape index (κ3) is 3.55. The SMILES string of the molecule is CN1N2N=CC(CNCCO)=CC2=CN1c1cccc(-c2ccccc2)c1Cl. The van der Waals surface area contributed by atoms with E-state index < -0.39 is 0 Å². The van der Waals surface area contributed by atoms with E-state index in [0.717, 1.165) is 28.1 Å². The molecule has 2 aliphatic heterocycles. The molecule has 2 aliphatic rings. The first-order chi connectivity index (χ1) is 13.7. The molecule has 2 heterocycles. The van der Waals surface area contributed by atoms with Crippen LogP contribution in [0.1, 0.15) is 0 Å². The summed E-state index contributed by atoms with van der Waals surface area (Å²) in [5, 5.41) is 23.0. The molecule has 6 nitrogen and oxygen atoms in total. The maximum Gasteiger partial charge on any atom is 0.0982 e. The number of hydrazone groups is 1. The molecule has 0 aromatic heterocycles. The topological polar surface area (TPSA) is 54.3 Å². The van der Waals surface area contributed by atoms with Crippen molar-refractivity contribution in [2.24, 2.45) is 5.10 Å². The first-order valence-corrected chi connectivity index (χ1v) is 9.51. The second kappa shape index (κ2) is 8.16. The van der Waals surface area contributed by atoms with Gasteiger partial charge >= 0.3 is 0 Å². The summed E-state index contributed by atoms with van der Waals surface area (Å²) in [7, 11) is 1.94. The minimum atomic E-state index is 0.117. The van der Waals surface area contributed by atoms with Crippen LogP contribution in [0.25, 0.3) is 11.1 Å². The van der Waals surface area contributed by atoms with Crippen molar-refractivity contribution in [1.82, 2.24) is 15.6 Å². The van der Waals surface area contributed by atoms with Gasteiger partial charge in [-0.15, -0.1) is 5.12 Å². The maximum atomic E-state index is 8.91. The van der Waals surface area contributed by atoms with Crippen LogP contribution in [0.15, 0.2) is 77.2 Å². The number of anilines is 1. The maximum absolute atomic E-state index is 8.91. The normalized spacial score (nSPS) is 16.2. The van der Waals surface area contributed by atoms with Crippen LogP contribution in [0.4, 0.5) is 5.69 Å². The zero-order valence-corrected chi connectivity index (χ0v) is 16.3. The highest BCUT2D eigenvalue weighted by Gasteiger charge is 2.30. The Kier molecular flexibility index (Phi) is 5.45. The van der Waals surface area contributed by atoms with Crippen molar-refractivity contribution in [1.29, 1.82) is 0 Å². The van der Waals surface area contributed by atoms with Gasteiger partial charge in [0.05, 0.1) is 35.4 Å². The number of halogens is 1. The van der Waals surface area contributed by atoms with Gasteiger partial charge in [0.15, 0.2) is 0 Å². The molecule has 0 saturated carbocycles. The Hall–Kier alpha value is -2.64. The van der Waals surface area contributed by atoms with Crippen molar-refractivity contribution in [3.63, 3.8) is 0 Å². The van der Waals surface area contributed by atoms with E-state index in [2.05, 4.69) is 28.6 Å². The molecule has 0 amide bonds. The number of nitrogens with zero attached hydrogens (tertiary/aromatic N) is 4. The van der Waals surface area contributed by atoms with Gasteiger partial charge in [-0.25, -0.2) is 0 Å². The summed E-state index contributed by atoms with van der Waals surface area (Å²) >= 11 is 6.80. The van der Waals surface area contributed by atoms with E-state index in [1.165, 1.54) is 0 Å². The monoisotopic (exact) mass is 395 g/mol. The summed E-state index contributed by atoms with van der Waals surface area (Å²) in [5.74, 6) is 0. The molecule has 28 heavy (non-hydrogen) atoms. The molecule has 144 valence electrons. The van der Waals surface area contributed by atoms with Crippen molar-refractivity contribution in [3.05, 3.63) is 77.1 Å². The van der Waals surface area contributed by atoms with Gasteiger partial charge in [0.25, 0.3) is 0 Å². The van der Waals surface area contributed by atoms with Crippen molar-refractivity contribution in [3.8, 4) is 11.1 Å². The molecule has 0 fully saturated rings. The molecule has 2 N–H and O–H groups in total. The first kappa shape index (κ1) is 18.7. The summed E-state index contributed by atoms with van der Waals surface area (Å²) in [4.78, 5) is 0. The van der Waals surface area contributed by atoms with Crippen molar-refractivity contribution in [2.75, 3.05) is 31.8 Å². The van der Waals surface area contributed by atoms with Crippen LogP contribution < -0.4 is 10.3 Å². The smallest absolute Gasteiger partial charge is 0.0982 e. The Labute approximate surface area is 169 Å². The largest absolute Gasteiger partial charge is 0.395 e. The van der Waals surface area contributed by atoms with Gasteiger partial charge in [-0.1, -0.05) is 54.1 Å². The number of benzene rings is 2. The molecule has 0 spiro atoms. The average Bonchev–Trinajstić information content (AvgIpc) is 3.05. The molecule has 2 aromatic rings. The highest BCUT2D eigenvalue weighted by Crippen LogP contribution is 2.39. The van der Waals surface area contributed by atoms with Crippen LogP contribution >= 0.6 is 11.6 Å². The van der Waals surface area contributed by atoms with Gasteiger partial charge in [-0.2, -0.15) is 10.2 Å². The molecular formula is C21H22ClN5O. The lowest BCUT2D eigenvalue weighted by Crippen LogP contribution is -2.40. The van der Waals surface area contributed by atoms with Crippen LogP contribution in [0, 0.1) is 0 Å². The van der Waals surface area contributed by atoms with Gasteiger partial charge in [0.2, 0.25) is 0 Å². The van der Waals surface area contributed by atoms with E-state index in [0.29, 0.717) is 18.1 Å². The predicted molar refractivity (Wildman–Crippen MR) is 114 cm³/mol. The molecule has 0 bridgehead atoms. The third-order valence-electron chi connectivity index (χ3n) is 4.67. The number of rotatable bonds is 6. The second-order valence-electron chi connectivity index (χ2n) is 6.55. The van der Waals surface area contributed by atoms with Crippen LogP contribution in [-0.2, 0) is 0 Å². The number of aliphatic hydroxyl groups is 1. The van der Waals surface area contributed by atoms with E-state index in [1.54, 1.807) is 0 Å². The number of hydrazine groups is 2. The summed E-state index contributed by atoms with van der Waals surface area (Å²) in [6.07, 6.45) is 5.91. The fraction of sp³-hybridized carbons (Fsp3) is 0.190. The van der Waals surface area contributed by atoms with Gasteiger partial charge in [0.1, 0.15) is 0 Å². The Morgan fingerprint density at radius 3 is 2.71 bits per heavy atom. The highest BCUT2D eigenvalue weighted by atomic mass is 35.5. The zero-order chi connectivity index (χ0) is 19.5. The van der Waals surface area contributed by atoms with Crippen molar-refractivity contribution < 1.29 is 5.11 Å².